The quantitative estimate of drug-likeness (QED) is 0.378. The Labute approximate surface area is 174 Å². The highest BCUT2D eigenvalue weighted by Gasteiger charge is 2.09. The van der Waals surface area contributed by atoms with Gasteiger partial charge in [-0.1, -0.05) is 48.0 Å². The Morgan fingerprint density at radius 1 is 0.900 bits per heavy atom. The van der Waals surface area contributed by atoms with Crippen LogP contribution in [0.2, 0.25) is 0 Å². The molecule has 0 atom stereocenters. The molecule has 0 radical (unpaired) electrons. The molecule has 5 heteroatoms. The number of rotatable bonds is 3. The highest BCUT2D eigenvalue weighted by Crippen LogP contribution is 2.25. The van der Waals surface area contributed by atoms with Crippen LogP contribution >= 0.6 is 0 Å². The van der Waals surface area contributed by atoms with E-state index in [9.17, 15) is 0 Å². The third-order valence-electron chi connectivity index (χ3n) is 5.18. The van der Waals surface area contributed by atoms with Crippen molar-refractivity contribution in [3.8, 4) is 11.3 Å². The van der Waals surface area contributed by atoms with Crippen LogP contribution in [0.1, 0.15) is 16.7 Å². The molecule has 0 spiro atoms. The number of para-hydroxylation sites is 2. The van der Waals surface area contributed by atoms with Gasteiger partial charge < -0.3 is 9.40 Å². The molecule has 30 heavy (non-hydrogen) atoms. The Bertz CT molecular complexity index is 1410. The second-order valence-corrected chi connectivity index (χ2v) is 7.65. The number of hydrogen-bond donors (Lipinski definition) is 2. The zero-order valence-corrected chi connectivity index (χ0v) is 17.2. The lowest BCUT2D eigenvalue weighted by molar-refractivity contribution is 0.615. The topological polar surface area (TPSA) is 66.2 Å². The molecule has 2 N–H and O–H groups in total. The first kappa shape index (κ1) is 18.2. The summed E-state index contributed by atoms with van der Waals surface area (Å²) in [5.74, 6) is 1.38. The highest BCUT2D eigenvalue weighted by atomic mass is 16.3. The third kappa shape index (κ3) is 3.35. The van der Waals surface area contributed by atoms with Crippen molar-refractivity contribution in [1.82, 2.24) is 9.97 Å². The van der Waals surface area contributed by atoms with E-state index in [2.05, 4.69) is 77.7 Å². The zero-order valence-electron chi connectivity index (χ0n) is 17.2. The number of aromatic amines is 1. The summed E-state index contributed by atoms with van der Waals surface area (Å²) in [6.07, 6.45) is 0. The fourth-order valence-corrected chi connectivity index (χ4v) is 3.69. The van der Waals surface area contributed by atoms with E-state index < -0.39 is 0 Å². The maximum absolute atomic E-state index is 6.30. The Morgan fingerprint density at radius 2 is 1.70 bits per heavy atom. The molecule has 5 rings (SSSR count). The Hall–Kier alpha value is -3.86. The summed E-state index contributed by atoms with van der Waals surface area (Å²) in [6, 6.07) is 22.4. The van der Waals surface area contributed by atoms with Gasteiger partial charge in [0.2, 0.25) is 5.95 Å². The number of imidazole rings is 1. The summed E-state index contributed by atoms with van der Waals surface area (Å²) in [5.41, 5.74) is 10.3. The van der Waals surface area contributed by atoms with E-state index in [4.69, 9.17) is 4.42 Å². The summed E-state index contributed by atoms with van der Waals surface area (Å²) in [4.78, 5) is 7.80. The molecule has 0 saturated heterocycles. The van der Waals surface area contributed by atoms with Crippen molar-refractivity contribution in [3.05, 3.63) is 88.8 Å². The lowest BCUT2D eigenvalue weighted by Crippen LogP contribution is -2.09. The van der Waals surface area contributed by atoms with Crippen LogP contribution in [-0.2, 0) is 0 Å². The van der Waals surface area contributed by atoms with Crippen LogP contribution in [0.25, 0.3) is 33.3 Å². The van der Waals surface area contributed by atoms with Gasteiger partial charge in [0, 0.05) is 17.0 Å². The van der Waals surface area contributed by atoms with E-state index in [1.165, 1.54) is 11.1 Å². The Morgan fingerprint density at radius 3 is 2.50 bits per heavy atom. The second-order valence-electron chi connectivity index (χ2n) is 7.65. The third-order valence-corrected chi connectivity index (χ3v) is 5.18. The number of benzene rings is 3. The largest absolute Gasteiger partial charge is 0.456 e. The van der Waals surface area contributed by atoms with Crippen molar-refractivity contribution in [2.45, 2.75) is 20.8 Å². The fraction of sp³-hybridized carbons (Fsp3) is 0.120. The van der Waals surface area contributed by atoms with Gasteiger partial charge in [-0.05, 0) is 50.1 Å². The predicted octanol–water partition coefficient (Wildman–Crippen LogP) is 5.83. The van der Waals surface area contributed by atoms with E-state index in [0.717, 1.165) is 44.2 Å². The van der Waals surface area contributed by atoms with E-state index >= 15 is 0 Å². The molecule has 3 aromatic carbocycles. The van der Waals surface area contributed by atoms with Gasteiger partial charge in [-0.25, -0.2) is 10.4 Å². The van der Waals surface area contributed by atoms with Gasteiger partial charge in [0.15, 0.2) is 0 Å². The number of nitrogens with one attached hydrogen (secondary N) is 2. The second kappa shape index (κ2) is 7.19. The monoisotopic (exact) mass is 394 g/mol. The van der Waals surface area contributed by atoms with Gasteiger partial charge in [-0.2, -0.15) is 5.10 Å². The smallest absolute Gasteiger partial charge is 0.222 e. The Balaban J connectivity index is 1.68. The number of fused-ring (bicyclic) bond motifs is 2. The number of aryl methyl sites for hydroxylation is 3. The molecule has 5 aromatic rings. The normalized spacial score (nSPS) is 12.0. The summed E-state index contributed by atoms with van der Waals surface area (Å²) in [6.45, 7) is 6.22. The molecular weight excluding hydrogens is 372 g/mol. The molecule has 0 aliphatic rings. The molecule has 5 nitrogen and oxygen atoms in total. The SMILES string of the molecule is Cc1ccc(-c2c/c(=N\Nc3nc4ccccc4[nH]3)c3cc(C)cc(C)c3o2)cc1. The minimum atomic E-state index is 0.603. The van der Waals surface area contributed by atoms with Gasteiger partial charge in [-0.15, -0.1) is 0 Å². The molecular formula is C25H22N4O. The lowest BCUT2D eigenvalue weighted by atomic mass is 10.1. The molecule has 0 bridgehead atoms. The van der Waals surface area contributed by atoms with Gasteiger partial charge in [0.25, 0.3) is 0 Å². The van der Waals surface area contributed by atoms with Gasteiger partial charge in [-0.3, -0.25) is 0 Å². The molecule has 0 aliphatic heterocycles. The van der Waals surface area contributed by atoms with Gasteiger partial charge in [0.05, 0.1) is 16.4 Å². The summed E-state index contributed by atoms with van der Waals surface area (Å²) < 4.78 is 6.30. The number of anilines is 1. The van der Waals surface area contributed by atoms with Crippen molar-refractivity contribution in [2.24, 2.45) is 5.10 Å². The van der Waals surface area contributed by atoms with Crippen LogP contribution in [0.4, 0.5) is 5.95 Å². The van der Waals surface area contributed by atoms with Crippen LogP contribution in [0, 0.1) is 20.8 Å². The number of aromatic nitrogens is 2. The standard InChI is InChI=1S/C25H22N4O/c1-15-8-10-18(11-9-15)23-14-22(19-13-16(2)12-17(3)24(19)30-23)28-29-25-26-20-6-4-5-7-21(20)27-25/h4-14H,1-3H3,(H2,26,27,29)/b28-22+. The van der Waals surface area contributed by atoms with Crippen molar-refractivity contribution in [3.63, 3.8) is 0 Å². The summed E-state index contributed by atoms with van der Waals surface area (Å²) in [5, 5.41) is 6.45. The van der Waals surface area contributed by atoms with E-state index in [1.807, 2.05) is 30.3 Å². The van der Waals surface area contributed by atoms with Gasteiger partial charge in [0.1, 0.15) is 11.3 Å². The Kier molecular flexibility index (Phi) is 4.36. The van der Waals surface area contributed by atoms with Crippen LogP contribution in [0.3, 0.4) is 0 Å². The first-order valence-electron chi connectivity index (χ1n) is 9.93. The molecule has 2 aromatic heterocycles. The predicted molar refractivity (Wildman–Crippen MR) is 121 cm³/mol. The average Bonchev–Trinajstić information content (AvgIpc) is 3.16. The van der Waals surface area contributed by atoms with E-state index in [1.54, 1.807) is 0 Å². The van der Waals surface area contributed by atoms with Crippen LogP contribution in [-0.4, -0.2) is 9.97 Å². The van der Waals surface area contributed by atoms with Crippen LogP contribution in [0.15, 0.2) is 76.2 Å². The number of nitrogens with zero attached hydrogens (tertiary/aromatic N) is 2. The van der Waals surface area contributed by atoms with E-state index in [0.29, 0.717) is 5.95 Å². The van der Waals surface area contributed by atoms with E-state index in [-0.39, 0.29) is 0 Å². The maximum Gasteiger partial charge on any atom is 0.222 e. The minimum Gasteiger partial charge on any atom is -0.456 e. The molecule has 0 aliphatic carbocycles. The van der Waals surface area contributed by atoms with Gasteiger partial charge >= 0.3 is 0 Å². The number of H-pyrrole nitrogens is 1. The molecule has 0 amide bonds. The first-order chi connectivity index (χ1) is 14.6. The molecule has 0 fully saturated rings. The molecule has 0 unspecified atom stereocenters. The van der Waals surface area contributed by atoms with Crippen molar-refractivity contribution in [2.75, 3.05) is 5.43 Å². The first-order valence-corrected chi connectivity index (χ1v) is 9.93. The summed E-state index contributed by atoms with van der Waals surface area (Å²) in [7, 11) is 0. The molecule has 2 heterocycles. The lowest BCUT2D eigenvalue weighted by Gasteiger charge is -2.08. The van der Waals surface area contributed by atoms with Crippen molar-refractivity contribution < 1.29 is 4.42 Å². The van der Waals surface area contributed by atoms with Crippen molar-refractivity contribution >= 4 is 28.0 Å². The minimum absolute atomic E-state index is 0.603. The number of hydrogen-bond acceptors (Lipinski definition) is 4. The fourth-order valence-electron chi connectivity index (χ4n) is 3.69. The maximum atomic E-state index is 6.30. The highest BCUT2D eigenvalue weighted by molar-refractivity contribution is 5.82. The molecule has 0 saturated carbocycles. The van der Waals surface area contributed by atoms with Crippen molar-refractivity contribution in [1.29, 1.82) is 0 Å². The van der Waals surface area contributed by atoms with Crippen LogP contribution < -0.4 is 10.8 Å². The zero-order chi connectivity index (χ0) is 20.7. The summed E-state index contributed by atoms with van der Waals surface area (Å²) >= 11 is 0. The van der Waals surface area contributed by atoms with Crippen LogP contribution in [0.5, 0.6) is 0 Å². The molecule has 148 valence electrons. The average molecular weight is 394 g/mol.